The van der Waals surface area contributed by atoms with Crippen molar-refractivity contribution in [1.29, 1.82) is 0 Å². The van der Waals surface area contributed by atoms with E-state index in [1.54, 1.807) is 42.7 Å². The molecule has 2 heterocycles. The predicted molar refractivity (Wildman–Crippen MR) is 134 cm³/mol. The second-order valence-electron chi connectivity index (χ2n) is 10.2. The first-order valence-electron chi connectivity index (χ1n) is 11.4. The van der Waals surface area contributed by atoms with Gasteiger partial charge in [0.05, 0.1) is 21.3 Å². The van der Waals surface area contributed by atoms with E-state index < -0.39 is 39.1 Å². The van der Waals surface area contributed by atoms with Gasteiger partial charge >= 0.3 is 6.09 Å². The molecule has 1 aromatic carbocycles. The average molecular weight is 554 g/mol. The van der Waals surface area contributed by atoms with Crippen molar-refractivity contribution >= 4 is 39.1 Å². The van der Waals surface area contributed by atoms with Crippen LogP contribution < -0.4 is 4.74 Å². The Morgan fingerprint density at radius 2 is 1.89 bits per heavy atom. The molecule has 3 atom stereocenters. The summed E-state index contributed by atoms with van der Waals surface area (Å²) in [7, 11) is -1.64. The Labute approximate surface area is 217 Å². The SMILES string of the molecule is COCOc1ccc(Cl)c(Cl)c1[C@H]1C[C@@H](CC(O)N2CC(S(C)(=O)=O)C2)CN1C(=O)OC(C)(C)C. The molecule has 0 aliphatic carbocycles. The highest BCUT2D eigenvalue weighted by Crippen LogP contribution is 2.47. The van der Waals surface area contributed by atoms with Crippen molar-refractivity contribution in [2.45, 2.75) is 56.7 Å². The number of halogens is 2. The van der Waals surface area contributed by atoms with Crippen LogP contribution in [0.4, 0.5) is 4.79 Å². The lowest BCUT2D eigenvalue weighted by Crippen LogP contribution is -2.58. The molecule has 2 aliphatic heterocycles. The molecule has 1 aromatic rings. The summed E-state index contributed by atoms with van der Waals surface area (Å²) in [6, 6.07) is 2.80. The number of hydrogen-bond acceptors (Lipinski definition) is 8. The van der Waals surface area contributed by atoms with Crippen LogP contribution in [0.3, 0.4) is 0 Å². The molecule has 12 heteroatoms. The van der Waals surface area contributed by atoms with Gasteiger partial charge in [0, 0.05) is 38.6 Å². The Morgan fingerprint density at radius 3 is 2.46 bits per heavy atom. The molecule has 1 N–H and O–H groups in total. The van der Waals surface area contributed by atoms with Crippen molar-refractivity contribution in [2.24, 2.45) is 5.92 Å². The van der Waals surface area contributed by atoms with Gasteiger partial charge in [0.25, 0.3) is 0 Å². The van der Waals surface area contributed by atoms with Crippen molar-refractivity contribution in [3.8, 4) is 5.75 Å². The minimum Gasteiger partial charge on any atom is -0.467 e. The molecule has 0 bridgehead atoms. The lowest BCUT2D eigenvalue weighted by molar-refractivity contribution is -0.0454. The second-order valence-corrected chi connectivity index (χ2v) is 13.3. The number of benzene rings is 1. The lowest BCUT2D eigenvalue weighted by Gasteiger charge is -2.41. The maximum Gasteiger partial charge on any atom is 0.410 e. The molecule has 0 spiro atoms. The molecule has 198 valence electrons. The van der Waals surface area contributed by atoms with Gasteiger partial charge in [0.1, 0.15) is 17.6 Å². The van der Waals surface area contributed by atoms with Crippen LogP contribution in [0.2, 0.25) is 10.0 Å². The van der Waals surface area contributed by atoms with E-state index in [4.69, 9.17) is 37.4 Å². The molecule has 9 nitrogen and oxygen atoms in total. The van der Waals surface area contributed by atoms with Gasteiger partial charge < -0.3 is 24.2 Å². The first-order valence-corrected chi connectivity index (χ1v) is 14.1. The van der Waals surface area contributed by atoms with E-state index in [9.17, 15) is 18.3 Å². The van der Waals surface area contributed by atoms with Crippen LogP contribution in [-0.4, -0.2) is 86.3 Å². The fourth-order valence-electron chi connectivity index (χ4n) is 4.43. The van der Waals surface area contributed by atoms with E-state index in [2.05, 4.69) is 0 Å². The smallest absolute Gasteiger partial charge is 0.410 e. The zero-order valence-electron chi connectivity index (χ0n) is 20.7. The van der Waals surface area contributed by atoms with Crippen LogP contribution in [0.5, 0.6) is 5.75 Å². The van der Waals surface area contributed by atoms with Crippen molar-refractivity contribution in [2.75, 3.05) is 39.8 Å². The zero-order valence-corrected chi connectivity index (χ0v) is 23.0. The number of hydrogen-bond donors (Lipinski definition) is 1. The minimum atomic E-state index is -3.14. The standard InChI is InChI=1S/C23H34Cl2N2O7S/c1-23(2,3)34-22(29)27-10-14(9-19(28)26-11-15(12-26)35(5,30)31)8-17(27)20-18(33-13-32-4)7-6-16(24)21(20)25/h6-7,14-15,17,19,28H,8-13H2,1-5H3/t14-,17+,19?/m0/s1. The molecular weight excluding hydrogens is 519 g/mol. The number of aliphatic hydroxyl groups is 1. The molecule has 3 rings (SSSR count). The Bertz CT molecular complexity index is 1030. The number of rotatable bonds is 8. The number of nitrogens with zero attached hydrogens (tertiary/aromatic N) is 2. The Balaban J connectivity index is 1.84. The molecule has 2 aliphatic rings. The number of ether oxygens (including phenoxy) is 3. The number of carbonyl (C=O) groups excluding carboxylic acids is 1. The van der Waals surface area contributed by atoms with Crippen molar-refractivity contribution in [3.05, 3.63) is 27.7 Å². The van der Waals surface area contributed by atoms with E-state index >= 15 is 0 Å². The molecule has 2 fully saturated rings. The van der Waals surface area contributed by atoms with Gasteiger partial charge in [-0.05, 0) is 51.7 Å². The third kappa shape index (κ3) is 6.93. The quantitative estimate of drug-likeness (QED) is 0.486. The summed E-state index contributed by atoms with van der Waals surface area (Å²) < 4.78 is 39.9. The summed E-state index contributed by atoms with van der Waals surface area (Å²) in [4.78, 5) is 16.5. The molecule has 1 amide bonds. The fourth-order valence-corrected chi connectivity index (χ4v) is 5.80. The largest absolute Gasteiger partial charge is 0.467 e. The van der Waals surface area contributed by atoms with Crippen molar-refractivity contribution in [1.82, 2.24) is 9.80 Å². The fraction of sp³-hybridized carbons (Fsp3) is 0.696. The number of aliphatic hydroxyl groups excluding tert-OH is 1. The third-order valence-corrected chi connectivity index (χ3v) is 8.55. The topological polar surface area (TPSA) is 106 Å². The molecule has 35 heavy (non-hydrogen) atoms. The third-order valence-electron chi connectivity index (χ3n) is 6.22. The van der Waals surface area contributed by atoms with Crippen LogP contribution >= 0.6 is 23.2 Å². The van der Waals surface area contributed by atoms with Gasteiger partial charge in [0.15, 0.2) is 16.6 Å². The monoisotopic (exact) mass is 552 g/mol. The highest BCUT2D eigenvalue weighted by molar-refractivity contribution is 7.91. The van der Waals surface area contributed by atoms with Gasteiger partial charge in [-0.25, -0.2) is 13.2 Å². The second kappa shape index (κ2) is 11.0. The van der Waals surface area contributed by atoms with Gasteiger partial charge in [-0.15, -0.1) is 0 Å². The Morgan fingerprint density at radius 1 is 1.23 bits per heavy atom. The highest BCUT2D eigenvalue weighted by atomic mass is 35.5. The summed E-state index contributed by atoms with van der Waals surface area (Å²) >= 11 is 12.9. The Hall–Kier alpha value is -1.30. The summed E-state index contributed by atoms with van der Waals surface area (Å²) in [5.74, 6) is 0.352. The molecule has 1 unspecified atom stereocenters. The number of likely N-dealkylation sites (tertiary alicyclic amines) is 2. The van der Waals surface area contributed by atoms with E-state index in [1.165, 1.54) is 13.4 Å². The van der Waals surface area contributed by atoms with Crippen LogP contribution in [0.25, 0.3) is 0 Å². The van der Waals surface area contributed by atoms with Crippen molar-refractivity contribution < 1.29 is 32.5 Å². The number of carbonyl (C=O) groups is 1. The highest BCUT2D eigenvalue weighted by Gasteiger charge is 2.44. The van der Waals surface area contributed by atoms with Gasteiger partial charge in [0.2, 0.25) is 0 Å². The Kier molecular flexibility index (Phi) is 8.87. The first-order chi connectivity index (χ1) is 16.2. The van der Waals surface area contributed by atoms with E-state index in [1.807, 2.05) is 0 Å². The summed E-state index contributed by atoms with van der Waals surface area (Å²) in [5, 5.41) is 10.9. The van der Waals surface area contributed by atoms with E-state index in [-0.39, 0.29) is 17.7 Å². The van der Waals surface area contributed by atoms with Crippen LogP contribution in [0.1, 0.15) is 45.2 Å². The van der Waals surface area contributed by atoms with Crippen LogP contribution in [0, 0.1) is 5.92 Å². The molecule has 0 radical (unpaired) electrons. The molecule has 0 aromatic heterocycles. The van der Waals surface area contributed by atoms with E-state index in [0.717, 1.165) is 0 Å². The maximum atomic E-state index is 13.2. The number of sulfone groups is 1. The van der Waals surface area contributed by atoms with Crippen molar-refractivity contribution in [3.63, 3.8) is 0 Å². The number of amides is 1. The molecule has 0 saturated carbocycles. The van der Waals surface area contributed by atoms with Gasteiger partial charge in [-0.2, -0.15) is 0 Å². The lowest BCUT2D eigenvalue weighted by atomic mass is 9.95. The minimum absolute atomic E-state index is 0.0112. The average Bonchev–Trinajstić information content (AvgIpc) is 3.08. The van der Waals surface area contributed by atoms with Crippen LogP contribution in [-0.2, 0) is 19.3 Å². The van der Waals surface area contributed by atoms with Crippen LogP contribution in [0.15, 0.2) is 12.1 Å². The number of methoxy groups -OCH3 is 1. The normalized spacial score (nSPS) is 22.7. The molecular formula is C23H34Cl2N2O7S. The predicted octanol–water partition coefficient (Wildman–Crippen LogP) is 3.71. The molecule has 2 saturated heterocycles. The first kappa shape index (κ1) is 28.3. The summed E-state index contributed by atoms with van der Waals surface area (Å²) in [6.07, 6.45) is 0.729. The van der Waals surface area contributed by atoms with Gasteiger partial charge in [-0.3, -0.25) is 4.90 Å². The summed E-state index contributed by atoms with van der Waals surface area (Å²) in [6.45, 7) is 6.27. The van der Waals surface area contributed by atoms with E-state index in [0.29, 0.717) is 48.8 Å². The maximum absolute atomic E-state index is 13.2. The summed E-state index contributed by atoms with van der Waals surface area (Å²) in [5.41, 5.74) is -0.148. The zero-order chi connectivity index (χ0) is 26.1. The van der Waals surface area contributed by atoms with Gasteiger partial charge in [-0.1, -0.05) is 23.2 Å².